The predicted molar refractivity (Wildman–Crippen MR) is 136 cm³/mol. The van der Waals surface area contributed by atoms with Crippen LogP contribution in [0.15, 0.2) is 91.0 Å². The number of nitrogens with zero attached hydrogens (tertiary/aromatic N) is 3. The van der Waals surface area contributed by atoms with E-state index >= 15 is 0 Å². The number of rotatable bonds is 7. The Morgan fingerprint density at radius 1 is 0.750 bits per heavy atom. The summed E-state index contributed by atoms with van der Waals surface area (Å²) in [5.74, 6) is 0.189. The molecule has 0 amide bonds. The number of fused-ring (bicyclic) bond motifs is 1. The fourth-order valence-electron chi connectivity index (χ4n) is 3.66. The van der Waals surface area contributed by atoms with E-state index in [9.17, 15) is 9.59 Å². The van der Waals surface area contributed by atoms with Gasteiger partial charge in [0.1, 0.15) is 28.2 Å². The largest absolute Gasteiger partial charge is 0.483 e. The second kappa shape index (κ2) is 9.84. The summed E-state index contributed by atoms with van der Waals surface area (Å²) in [6, 6.07) is 26.8. The molecule has 0 aliphatic heterocycles. The number of hydrogen-bond donors (Lipinski definition) is 0. The van der Waals surface area contributed by atoms with Crippen LogP contribution in [0.2, 0.25) is 0 Å². The maximum absolute atomic E-state index is 12.8. The van der Waals surface area contributed by atoms with E-state index in [1.807, 2.05) is 62.4 Å². The fourth-order valence-corrected chi connectivity index (χ4v) is 3.66. The highest BCUT2D eigenvalue weighted by Gasteiger charge is 2.14. The number of Topliss-reactive ketones (excluding diaryl/α,β-unsaturated/α-hetero) is 1. The molecule has 36 heavy (non-hydrogen) atoms. The molecule has 7 nitrogen and oxygen atoms in total. The number of aryl methyl sites for hydroxylation is 2. The molecule has 5 aromatic rings. The van der Waals surface area contributed by atoms with Crippen molar-refractivity contribution in [1.29, 1.82) is 0 Å². The van der Waals surface area contributed by atoms with Gasteiger partial charge in [-0.15, -0.1) is 15.0 Å². The van der Waals surface area contributed by atoms with Crippen molar-refractivity contribution in [3.8, 4) is 17.2 Å². The van der Waals surface area contributed by atoms with Crippen molar-refractivity contribution >= 4 is 22.8 Å². The average Bonchev–Trinajstić information content (AvgIpc) is 3.33. The van der Waals surface area contributed by atoms with Crippen LogP contribution in [-0.4, -0.2) is 33.4 Å². The van der Waals surface area contributed by atoms with Crippen LogP contribution in [0.1, 0.15) is 31.8 Å². The van der Waals surface area contributed by atoms with Crippen molar-refractivity contribution in [2.24, 2.45) is 0 Å². The van der Waals surface area contributed by atoms with Gasteiger partial charge in [0.2, 0.25) is 0 Å². The molecule has 1 aromatic heterocycles. The standard InChI is InChI=1S/C29H23N3O4/c1-19-7-10-22(11-8-19)29(34)36-23-14-12-21(13-15-23)27(33)18-35-28-16-9-20(2)17-26(28)32-30-24-5-3-4-6-25(24)31-32/h3-17H,18H2,1-2H3. The van der Waals surface area contributed by atoms with E-state index in [4.69, 9.17) is 9.47 Å². The number of carbonyl (C=O) groups is 2. The Labute approximate surface area is 207 Å². The van der Waals surface area contributed by atoms with Gasteiger partial charge in [0.05, 0.1) is 5.56 Å². The molecular formula is C29H23N3O4. The number of hydrogen-bond acceptors (Lipinski definition) is 6. The van der Waals surface area contributed by atoms with Crippen molar-refractivity contribution in [3.05, 3.63) is 113 Å². The summed E-state index contributed by atoms with van der Waals surface area (Å²) < 4.78 is 11.3. The highest BCUT2D eigenvalue weighted by Crippen LogP contribution is 2.25. The van der Waals surface area contributed by atoms with Crippen LogP contribution in [0, 0.1) is 13.8 Å². The molecule has 0 radical (unpaired) electrons. The summed E-state index contributed by atoms with van der Waals surface area (Å²) in [5, 5.41) is 9.06. The predicted octanol–water partition coefficient (Wildman–Crippen LogP) is 5.52. The molecule has 7 heteroatoms. The molecule has 0 spiro atoms. The van der Waals surface area contributed by atoms with E-state index < -0.39 is 5.97 Å². The fraction of sp³-hybridized carbons (Fsp3) is 0.103. The van der Waals surface area contributed by atoms with Crippen LogP contribution in [0.4, 0.5) is 0 Å². The quantitative estimate of drug-likeness (QED) is 0.174. The van der Waals surface area contributed by atoms with Gasteiger partial charge < -0.3 is 9.47 Å². The molecular weight excluding hydrogens is 454 g/mol. The van der Waals surface area contributed by atoms with Crippen molar-refractivity contribution in [2.45, 2.75) is 13.8 Å². The third-order valence-corrected chi connectivity index (χ3v) is 5.65. The first-order valence-corrected chi connectivity index (χ1v) is 11.4. The minimum atomic E-state index is -0.454. The lowest BCUT2D eigenvalue weighted by Crippen LogP contribution is -2.13. The molecule has 0 bridgehead atoms. The molecule has 0 atom stereocenters. The summed E-state index contributed by atoms with van der Waals surface area (Å²) >= 11 is 0. The Morgan fingerprint density at radius 3 is 2.03 bits per heavy atom. The van der Waals surface area contributed by atoms with Crippen LogP contribution >= 0.6 is 0 Å². The molecule has 0 unspecified atom stereocenters. The van der Waals surface area contributed by atoms with E-state index in [-0.39, 0.29) is 12.4 Å². The van der Waals surface area contributed by atoms with Crippen LogP contribution in [0.25, 0.3) is 16.7 Å². The first kappa shape index (κ1) is 23.0. The number of carbonyl (C=O) groups excluding carboxylic acids is 2. The Bertz CT molecular complexity index is 1520. The molecule has 5 rings (SSSR count). The molecule has 0 saturated carbocycles. The van der Waals surface area contributed by atoms with Gasteiger partial charge in [0.25, 0.3) is 0 Å². The van der Waals surface area contributed by atoms with Crippen LogP contribution in [-0.2, 0) is 0 Å². The highest BCUT2D eigenvalue weighted by molar-refractivity contribution is 5.97. The normalized spacial score (nSPS) is 10.8. The number of esters is 1. The van der Waals surface area contributed by atoms with Crippen LogP contribution in [0.5, 0.6) is 11.5 Å². The Kier molecular flexibility index (Phi) is 6.28. The Balaban J connectivity index is 1.27. The minimum absolute atomic E-state index is 0.167. The van der Waals surface area contributed by atoms with Gasteiger partial charge in [-0.05, 0) is 80.1 Å². The van der Waals surface area contributed by atoms with Crippen molar-refractivity contribution < 1.29 is 19.1 Å². The average molecular weight is 478 g/mol. The lowest BCUT2D eigenvalue weighted by atomic mass is 10.1. The summed E-state index contributed by atoms with van der Waals surface area (Å²) in [7, 11) is 0. The summed E-state index contributed by atoms with van der Waals surface area (Å²) in [4.78, 5) is 26.6. The molecule has 0 fully saturated rings. The molecule has 0 N–H and O–H groups in total. The van der Waals surface area contributed by atoms with Crippen molar-refractivity contribution in [3.63, 3.8) is 0 Å². The van der Waals surface area contributed by atoms with Gasteiger partial charge in [-0.2, -0.15) is 0 Å². The molecule has 178 valence electrons. The van der Waals surface area contributed by atoms with Crippen molar-refractivity contribution in [1.82, 2.24) is 15.0 Å². The zero-order valence-corrected chi connectivity index (χ0v) is 19.8. The van der Waals surface area contributed by atoms with Crippen LogP contribution in [0.3, 0.4) is 0 Å². The second-order valence-corrected chi connectivity index (χ2v) is 8.44. The third kappa shape index (κ3) is 5.00. The van der Waals surface area contributed by atoms with Gasteiger partial charge in [-0.1, -0.05) is 35.9 Å². The Morgan fingerprint density at radius 2 is 1.36 bits per heavy atom. The SMILES string of the molecule is Cc1ccc(C(=O)Oc2ccc(C(=O)COc3ccc(C)cc3-n3nc4ccccc4n3)cc2)cc1. The third-order valence-electron chi connectivity index (χ3n) is 5.65. The van der Waals surface area contributed by atoms with Crippen LogP contribution < -0.4 is 9.47 Å². The maximum atomic E-state index is 12.8. The van der Waals surface area contributed by atoms with E-state index in [1.165, 1.54) is 4.80 Å². The zero-order valence-electron chi connectivity index (χ0n) is 19.8. The molecule has 0 aliphatic carbocycles. The number of ether oxygens (including phenoxy) is 2. The second-order valence-electron chi connectivity index (χ2n) is 8.44. The minimum Gasteiger partial charge on any atom is -0.483 e. The summed E-state index contributed by atoms with van der Waals surface area (Å²) in [6.45, 7) is 3.75. The molecule has 0 saturated heterocycles. The van der Waals surface area contributed by atoms with E-state index in [2.05, 4.69) is 10.2 Å². The monoisotopic (exact) mass is 477 g/mol. The lowest BCUT2D eigenvalue weighted by Gasteiger charge is -2.11. The van der Waals surface area contributed by atoms with Gasteiger partial charge in [0, 0.05) is 5.56 Å². The molecule has 1 heterocycles. The molecule has 4 aromatic carbocycles. The smallest absolute Gasteiger partial charge is 0.343 e. The first-order valence-electron chi connectivity index (χ1n) is 11.4. The van der Waals surface area contributed by atoms with E-state index in [0.717, 1.165) is 22.2 Å². The zero-order chi connectivity index (χ0) is 25.1. The number of aromatic nitrogens is 3. The summed E-state index contributed by atoms with van der Waals surface area (Å²) in [5.41, 5.74) is 5.17. The summed E-state index contributed by atoms with van der Waals surface area (Å²) in [6.07, 6.45) is 0. The first-order chi connectivity index (χ1) is 17.5. The van der Waals surface area contributed by atoms with Gasteiger partial charge >= 0.3 is 5.97 Å². The topological polar surface area (TPSA) is 83.3 Å². The van der Waals surface area contributed by atoms with E-state index in [1.54, 1.807) is 42.5 Å². The Hall–Kier alpha value is -4.78. The maximum Gasteiger partial charge on any atom is 0.343 e. The highest BCUT2D eigenvalue weighted by atomic mass is 16.5. The molecule has 0 aliphatic rings. The number of ketones is 1. The van der Waals surface area contributed by atoms with Gasteiger partial charge in [-0.25, -0.2) is 4.79 Å². The van der Waals surface area contributed by atoms with E-state index in [0.29, 0.717) is 28.3 Å². The van der Waals surface area contributed by atoms with Crippen molar-refractivity contribution in [2.75, 3.05) is 6.61 Å². The number of benzene rings is 4. The van der Waals surface area contributed by atoms with Gasteiger partial charge in [-0.3, -0.25) is 4.79 Å². The van der Waals surface area contributed by atoms with Gasteiger partial charge in [0.15, 0.2) is 12.4 Å². The lowest BCUT2D eigenvalue weighted by molar-refractivity contribution is 0.0734.